The Morgan fingerprint density at radius 2 is 1.97 bits per heavy atom. The first kappa shape index (κ1) is 20.7. The first-order valence-electron chi connectivity index (χ1n) is 10.3. The van der Waals surface area contributed by atoms with Crippen molar-refractivity contribution in [3.8, 4) is 0 Å². The predicted octanol–water partition coefficient (Wildman–Crippen LogP) is 3.99. The Kier molecular flexibility index (Phi) is 5.55. The van der Waals surface area contributed by atoms with E-state index in [4.69, 9.17) is 0 Å². The molecule has 6 heteroatoms. The zero-order valence-corrected chi connectivity index (χ0v) is 17.8. The number of benzene rings is 2. The van der Waals surface area contributed by atoms with E-state index in [-0.39, 0.29) is 11.5 Å². The highest BCUT2D eigenvalue weighted by Gasteiger charge is 2.28. The van der Waals surface area contributed by atoms with Crippen molar-refractivity contribution in [2.75, 3.05) is 18.5 Å². The van der Waals surface area contributed by atoms with E-state index in [1.165, 1.54) is 19.2 Å². The van der Waals surface area contributed by atoms with E-state index in [0.29, 0.717) is 24.3 Å². The van der Waals surface area contributed by atoms with Gasteiger partial charge in [-0.3, -0.25) is 14.5 Å². The van der Waals surface area contributed by atoms with Crippen LogP contribution in [-0.4, -0.2) is 30.4 Å². The summed E-state index contributed by atoms with van der Waals surface area (Å²) in [5.41, 5.74) is 5.69. The van der Waals surface area contributed by atoms with Gasteiger partial charge in [-0.1, -0.05) is 12.1 Å². The minimum absolute atomic E-state index is 0.0192. The van der Waals surface area contributed by atoms with Crippen LogP contribution < -0.4 is 10.2 Å². The van der Waals surface area contributed by atoms with Gasteiger partial charge in [-0.05, 0) is 84.8 Å². The van der Waals surface area contributed by atoms with Crippen LogP contribution in [0.5, 0.6) is 0 Å². The second-order valence-electron chi connectivity index (χ2n) is 7.78. The number of pyridine rings is 1. The minimum atomic E-state index is -0.554. The number of hydrogen-bond donors (Lipinski definition) is 1. The molecule has 0 saturated carbocycles. The lowest BCUT2D eigenvalue weighted by atomic mass is 9.86. The Balaban J connectivity index is 1.69. The largest absolute Gasteiger partial charge is 0.355 e. The first-order valence-corrected chi connectivity index (χ1v) is 10.3. The summed E-state index contributed by atoms with van der Waals surface area (Å²) in [6.07, 6.45) is 2.92. The van der Waals surface area contributed by atoms with Crippen molar-refractivity contribution in [2.45, 2.75) is 26.7 Å². The highest BCUT2D eigenvalue weighted by molar-refractivity contribution is 6.08. The molecule has 4 rings (SSSR count). The molecule has 158 valence electrons. The molecular formula is C25H24FN3O2. The Morgan fingerprint density at radius 1 is 1.16 bits per heavy atom. The summed E-state index contributed by atoms with van der Waals surface area (Å²) in [5.74, 6) is -0.429. The van der Waals surface area contributed by atoms with Crippen LogP contribution in [0.2, 0.25) is 0 Å². The summed E-state index contributed by atoms with van der Waals surface area (Å²) in [5, 5.41) is 2.44. The van der Waals surface area contributed by atoms with Gasteiger partial charge in [0, 0.05) is 25.4 Å². The third-order valence-electron chi connectivity index (χ3n) is 6.03. The smallest absolute Gasteiger partial charge is 0.259 e. The molecule has 2 heterocycles. The van der Waals surface area contributed by atoms with Gasteiger partial charge in [-0.15, -0.1) is 0 Å². The van der Waals surface area contributed by atoms with Crippen molar-refractivity contribution >= 4 is 17.6 Å². The SMILES string of the molecule is CNC(=O)c1ccc(Cc2cc3c(c(C)c2C)CCN(c2ccccn2)C3=O)cc1F. The summed E-state index contributed by atoms with van der Waals surface area (Å²) < 4.78 is 14.4. The van der Waals surface area contributed by atoms with Gasteiger partial charge in [-0.2, -0.15) is 0 Å². The molecule has 0 unspecified atom stereocenters. The van der Waals surface area contributed by atoms with Crippen molar-refractivity contribution < 1.29 is 14.0 Å². The number of halogens is 1. The molecule has 1 aliphatic heterocycles. The van der Waals surface area contributed by atoms with Gasteiger partial charge in [0.05, 0.1) is 5.56 Å². The molecule has 0 radical (unpaired) electrons. The van der Waals surface area contributed by atoms with Crippen LogP contribution in [-0.2, 0) is 12.8 Å². The zero-order valence-electron chi connectivity index (χ0n) is 17.8. The molecule has 0 spiro atoms. The van der Waals surface area contributed by atoms with Crippen LogP contribution in [0.15, 0.2) is 48.7 Å². The number of fused-ring (bicyclic) bond motifs is 1. The lowest BCUT2D eigenvalue weighted by molar-refractivity contribution is 0.0956. The van der Waals surface area contributed by atoms with Crippen molar-refractivity contribution in [1.29, 1.82) is 0 Å². The van der Waals surface area contributed by atoms with Gasteiger partial charge in [0.1, 0.15) is 11.6 Å². The molecule has 2 aromatic carbocycles. The number of carbonyl (C=O) groups excluding carboxylic acids is 2. The lowest BCUT2D eigenvalue weighted by Crippen LogP contribution is -2.38. The number of rotatable bonds is 4. The standard InChI is InChI=1S/C25H24FN3O2/c1-15-16(2)19-9-11-29(23-6-4-5-10-28-23)25(31)21(19)14-18(15)12-17-7-8-20(22(26)13-17)24(30)27-3/h4-8,10,13-14H,9,11-12H2,1-3H3,(H,27,30). The molecule has 0 bridgehead atoms. The molecule has 5 nitrogen and oxygen atoms in total. The monoisotopic (exact) mass is 417 g/mol. The number of aromatic nitrogens is 1. The average molecular weight is 417 g/mol. The second kappa shape index (κ2) is 8.30. The number of nitrogens with one attached hydrogen (secondary N) is 1. The molecule has 1 aromatic heterocycles. The zero-order chi connectivity index (χ0) is 22.1. The van der Waals surface area contributed by atoms with Crippen molar-refractivity contribution in [1.82, 2.24) is 10.3 Å². The summed E-state index contributed by atoms with van der Waals surface area (Å²) >= 11 is 0. The van der Waals surface area contributed by atoms with Gasteiger partial charge in [0.25, 0.3) is 11.8 Å². The van der Waals surface area contributed by atoms with Gasteiger partial charge >= 0.3 is 0 Å². The highest BCUT2D eigenvalue weighted by Crippen LogP contribution is 2.30. The summed E-state index contributed by atoms with van der Waals surface area (Å²) in [7, 11) is 1.47. The van der Waals surface area contributed by atoms with Crippen molar-refractivity contribution in [3.05, 3.63) is 93.4 Å². The molecule has 31 heavy (non-hydrogen) atoms. The fraction of sp³-hybridized carbons (Fsp3) is 0.240. The Morgan fingerprint density at radius 3 is 2.65 bits per heavy atom. The quantitative estimate of drug-likeness (QED) is 0.698. The number of nitrogens with zero attached hydrogens (tertiary/aromatic N) is 2. The minimum Gasteiger partial charge on any atom is -0.355 e. The van der Waals surface area contributed by atoms with E-state index in [1.807, 2.05) is 38.1 Å². The molecular weight excluding hydrogens is 393 g/mol. The second-order valence-corrected chi connectivity index (χ2v) is 7.78. The summed E-state index contributed by atoms with van der Waals surface area (Å²) in [6, 6.07) is 12.1. The van der Waals surface area contributed by atoms with E-state index in [9.17, 15) is 14.0 Å². The van der Waals surface area contributed by atoms with Crippen molar-refractivity contribution in [3.63, 3.8) is 0 Å². The van der Waals surface area contributed by atoms with Crippen LogP contribution in [0.1, 0.15) is 48.5 Å². The first-order chi connectivity index (χ1) is 14.9. The third kappa shape index (κ3) is 3.81. The van der Waals surface area contributed by atoms with E-state index in [2.05, 4.69) is 10.3 Å². The molecule has 0 aliphatic carbocycles. The van der Waals surface area contributed by atoms with E-state index in [0.717, 1.165) is 34.2 Å². The Labute approximate surface area is 180 Å². The van der Waals surface area contributed by atoms with Gasteiger partial charge in [0.15, 0.2) is 0 Å². The highest BCUT2D eigenvalue weighted by atomic mass is 19.1. The number of carbonyl (C=O) groups is 2. The van der Waals surface area contributed by atoms with E-state index < -0.39 is 11.7 Å². The van der Waals surface area contributed by atoms with Crippen LogP contribution >= 0.6 is 0 Å². The van der Waals surface area contributed by atoms with E-state index >= 15 is 0 Å². The number of anilines is 1. The fourth-order valence-electron chi connectivity index (χ4n) is 4.15. The van der Waals surface area contributed by atoms with Crippen molar-refractivity contribution in [2.24, 2.45) is 0 Å². The third-order valence-corrected chi connectivity index (χ3v) is 6.03. The maximum Gasteiger partial charge on any atom is 0.259 e. The van der Waals surface area contributed by atoms with E-state index in [1.54, 1.807) is 17.2 Å². The number of hydrogen-bond acceptors (Lipinski definition) is 3. The molecule has 0 atom stereocenters. The van der Waals surface area contributed by atoms with Crippen LogP contribution in [0.4, 0.5) is 10.2 Å². The topological polar surface area (TPSA) is 62.3 Å². The van der Waals surface area contributed by atoms with Crippen LogP contribution in [0.25, 0.3) is 0 Å². The molecule has 3 aromatic rings. The molecule has 0 fully saturated rings. The average Bonchev–Trinajstić information content (AvgIpc) is 2.78. The normalized spacial score (nSPS) is 13.2. The Bertz CT molecular complexity index is 1180. The van der Waals surface area contributed by atoms with Gasteiger partial charge in [-0.25, -0.2) is 9.37 Å². The van der Waals surface area contributed by atoms with Crippen LogP contribution in [0.3, 0.4) is 0 Å². The van der Waals surface area contributed by atoms with Gasteiger partial charge in [0.2, 0.25) is 0 Å². The molecule has 1 aliphatic rings. The van der Waals surface area contributed by atoms with Gasteiger partial charge < -0.3 is 5.32 Å². The predicted molar refractivity (Wildman–Crippen MR) is 118 cm³/mol. The van der Waals surface area contributed by atoms with Crippen LogP contribution in [0, 0.1) is 19.7 Å². The molecule has 2 amide bonds. The summed E-state index contributed by atoms with van der Waals surface area (Å²) in [6.45, 7) is 4.67. The fourth-order valence-corrected chi connectivity index (χ4v) is 4.15. The molecule has 1 N–H and O–H groups in total. The number of amides is 2. The molecule has 0 saturated heterocycles. The lowest BCUT2D eigenvalue weighted by Gasteiger charge is -2.30. The summed E-state index contributed by atoms with van der Waals surface area (Å²) in [4.78, 5) is 31.1. The maximum absolute atomic E-state index is 14.4. The Hall–Kier alpha value is -3.54. The maximum atomic E-state index is 14.4.